The maximum Gasteiger partial charge on any atom is 0.407 e. The van der Waals surface area contributed by atoms with Crippen molar-refractivity contribution in [3.8, 4) is 16.9 Å². The van der Waals surface area contributed by atoms with Crippen LogP contribution in [0.2, 0.25) is 5.02 Å². The zero-order valence-electron chi connectivity index (χ0n) is 20.9. The summed E-state index contributed by atoms with van der Waals surface area (Å²) < 4.78 is 16.6. The molecule has 1 aromatic heterocycles. The average molecular weight is 563 g/mol. The molecular formula is C29H23ClN2O8. The van der Waals surface area contributed by atoms with E-state index in [9.17, 15) is 24.8 Å². The fourth-order valence-electron chi connectivity index (χ4n) is 4.70. The van der Waals surface area contributed by atoms with Crippen LogP contribution in [0.1, 0.15) is 28.6 Å². The van der Waals surface area contributed by atoms with Crippen LogP contribution in [0.4, 0.5) is 10.5 Å². The van der Waals surface area contributed by atoms with Gasteiger partial charge in [0.1, 0.15) is 30.8 Å². The van der Waals surface area contributed by atoms with Crippen molar-refractivity contribution in [3.05, 3.63) is 117 Å². The number of furan rings is 1. The van der Waals surface area contributed by atoms with Crippen LogP contribution in [0.15, 0.2) is 83.3 Å². The SMILES string of the molecule is O=C(NC(Cc1ccc(COc2ccc(Cl)cc2[N+](=O)[O-])o1)C(=O)O)OCC1c2ccccc2-c2ccccc21. The summed E-state index contributed by atoms with van der Waals surface area (Å²) in [6, 6.07) is 21.6. The molecule has 0 spiro atoms. The highest BCUT2D eigenvalue weighted by molar-refractivity contribution is 6.30. The van der Waals surface area contributed by atoms with Crippen molar-refractivity contribution < 1.29 is 33.5 Å². The summed E-state index contributed by atoms with van der Waals surface area (Å²) in [7, 11) is 0. The van der Waals surface area contributed by atoms with Gasteiger partial charge in [-0.2, -0.15) is 0 Å². The van der Waals surface area contributed by atoms with E-state index >= 15 is 0 Å². The Kier molecular flexibility index (Phi) is 7.70. The Balaban J connectivity index is 1.18. The van der Waals surface area contributed by atoms with Gasteiger partial charge in [0, 0.05) is 23.4 Å². The number of carbonyl (C=O) groups is 2. The molecule has 1 amide bonds. The lowest BCUT2D eigenvalue weighted by atomic mass is 9.98. The number of nitro benzene ring substituents is 1. The first-order chi connectivity index (χ1) is 19.3. The predicted molar refractivity (Wildman–Crippen MR) is 144 cm³/mol. The number of carboxylic acid groups (broad SMARTS) is 1. The van der Waals surface area contributed by atoms with E-state index in [0.29, 0.717) is 5.76 Å². The molecule has 2 N–H and O–H groups in total. The number of aliphatic carboxylic acids is 1. The molecule has 1 unspecified atom stereocenters. The van der Waals surface area contributed by atoms with Gasteiger partial charge in [-0.25, -0.2) is 9.59 Å². The predicted octanol–water partition coefficient (Wildman–Crippen LogP) is 5.95. The lowest BCUT2D eigenvalue weighted by Gasteiger charge is -2.17. The minimum atomic E-state index is -1.31. The molecule has 1 aliphatic rings. The summed E-state index contributed by atoms with van der Waals surface area (Å²) in [5, 5.41) is 23.5. The van der Waals surface area contributed by atoms with Crippen LogP contribution in [-0.4, -0.2) is 34.7 Å². The van der Waals surface area contributed by atoms with Gasteiger partial charge in [-0.3, -0.25) is 10.1 Å². The van der Waals surface area contributed by atoms with E-state index in [4.69, 9.17) is 25.5 Å². The molecule has 3 aromatic carbocycles. The Morgan fingerprint density at radius 3 is 2.30 bits per heavy atom. The zero-order valence-corrected chi connectivity index (χ0v) is 21.7. The smallest absolute Gasteiger partial charge is 0.407 e. The van der Waals surface area contributed by atoms with Gasteiger partial charge in [0.2, 0.25) is 0 Å². The third kappa shape index (κ3) is 5.76. The van der Waals surface area contributed by atoms with E-state index in [1.54, 1.807) is 12.1 Å². The number of hydrogen-bond donors (Lipinski definition) is 2. The van der Waals surface area contributed by atoms with Gasteiger partial charge in [0.05, 0.1) is 4.92 Å². The fourth-order valence-corrected chi connectivity index (χ4v) is 4.86. The number of nitro groups is 1. The van der Waals surface area contributed by atoms with Crippen molar-refractivity contribution >= 4 is 29.4 Å². The molecule has 0 aliphatic heterocycles. The Labute approximate surface area is 233 Å². The first-order valence-corrected chi connectivity index (χ1v) is 12.7. The summed E-state index contributed by atoms with van der Waals surface area (Å²) >= 11 is 5.82. The molecule has 10 nitrogen and oxygen atoms in total. The van der Waals surface area contributed by atoms with Gasteiger partial charge >= 0.3 is 17.7 Å². The largest absolute Gasteiger partial charge is 0.480 e. The van der Waals surface area contributed by atoms with Gasteiger partial charge in [-0.1, -0.05) is 60.1 Å². The number of nitrogens with one attached hydrogen (secondary N) is 1. The lowest BCUT2D eigenvalue weighted by Crippen LogP contribution is -2.42. The molecule has 0 saturated heterocycles. The van der Waals surface area contributed by atoms with Crippen LogP contribution in [0.5, 0.6) is 5.75 Å². The van der Waals surface area contributed by atoms with Crippen LogP contribution in [-0.2, 0) is 22.6 Å². The number of alkyl carbamates (subject to hydrolysis) is 1. The monoisotopic (exact) mass is 562 g/mol. The summed E-state index contributed by atoms with van der Waals surface area (Å²) in [5.74, 6) is -0.835. The van der Waals surface area contributed by atoms with E-state index in [2.05, 4.69) is 5.32 Å². The molecule has 5 rings (SSSR count). The molecule has 1 atom stereocenters. The number of benzene rings is 3. The number of carboxylic acids is 1. The summed E-state index contributed by atoms with van der Waals surface area (Å²) in [4.78, 5) is 35.1. The maximum atomic E-state index is 12.6. The molecule has 0 fully saturated rings. The van der Waals surface area contributed by atoms with Crippen molar-refractivity contribution in [1.29, 1.82) is 0 Å². The second-order valence-electron chi connectivity index (χ2n) is 9.09. The Hall–Kier alpha value is -4.83. The van der Waals surface area contributed by atoms with E-state index in [0.717, 1.165) is 22.3 Å². The highest BCUT2D eigenvalue weighted by Gasteiger charge is 2.30. The number of fused-ring (bicyclic) bond motifs is 3. The summed E-state index contributed by atoms with van der Waals surface area (Å²) in [6.07, 6.45) is -1.01. The number of rotatable bonds is 10. The van der Waals surface area contributed by atoms with Gasteiger partial charge < -0.3 is 24.3 Å². The first kappa shape index (κ1) is 26.8. The van der Waals surface area contributed by atoms with E-state index in [-0.39, 0.29) is 47.8 Å². The van der Waals surface area contributed by atoms with Crippen molar-refractivity contribution in [2.24, 2.45) is 0 Å². The minimum Gasteiger partial charge on any atom is -0.480 e. The molecule has 0 saturated carbocycles. The number of carbonyl (C=O) groups excluding carboxylic acids is 1. The van der Waals surface area contributed by atoms with Crippen LogP contribution >= 0.6 is 11.6 Å². The normalized spacial score (nSPS) is 12.7. The minimum absolute atomic E-state index is 0.00712. The zero-order chi connectivity index (χ0) is 28.2. The van der Waals surface area contributed by atoms with Crippen LogP contribution in [0.3, 0.4) is 0 Å². The lowest BCUT2D eigenvalue weighted by molar-refractivity contribution is -0.385. The van der Waals surface area contributed by atoms with Crippen molar-refractivity contribution in [3.63, 3.8) is 0 Å². The van der Waals surface area contributed by atoms with Gasteiger partial charge in [0.25, 0.3) is 0 Å². The van der Waals surface area contributed by atoms with Crippen molar-refractivity contribution in [1.82, 2.24) is 5.32 Å². The first-order valence-electron chi connectivity index (χ1n) is 12.3. The number of hydrogen-bond acceptors (Lipinski definition) is 7. The molecule has 11 heteroatoms. The molecule has 40 heavy (non-hydrogen) atoms. The highest BCUT2D eigenvalue weighted by atomic mass is 35.5. The van der Waals surface area contributed by atoms with Crippen LogP contribution in [0, 0.1) is 10.1 Å². The summed E-state index contributed by atoms with van der Waals surface area (Å²) in [6.45, 7) is -0.0920. The number of nitrogens with zero attached hydrogens (tertiary/aromatic N) is 1. The van der Waals surface area contributed by atoms with Crippen molar-refractivity contribution in [2.45, 2.75) is 25.0 Å². The van der Waals surface area contributed by atoms with E-state index < -0.39 is 23.0 Å². The van der Waals surface area contributed by atoms with E-state index in [1.807, 2.05) is 48.5 Å². The van der Waals surface area contributed by atoms with Gasteiger partial charge in [-0.15, -0.1) is 0 Å². The third-order valence-electron chi connectivity index (χ3n) is 6.54. The van der Waals surface area contributed by atoms with E-state index in [1.165, 1.54) is 18.2 Å². The quantitative estimate of drug-likeness (QED) is 0.178. The molecule has 0 radical (unpaired) electrons. The molecular weight excluding hydrogens is 540 g/mol. The molecule has 1 heterocycles. The standard InChI is InChI=1S/C29H23ClN2O8/c30-17-9-12-27(26(13-17)32(36)37)38-15-19-11-10-18(40-19)14-25(28(33)34)31-29(35)39-16-24-22-7-3-1-5-20(22)21-6-2-4-8-23(21)24/h1-13,24-25H,14-16H2,(H,31,35)(H,33,34). The topological polar surface area (TPSA) is 141 Å². The molecule has 1 aliphatic carbocycles. The number of halogens is 1. The molecule has 204 valence electrons. The van der Waals surface area contributed by atoms with Crippen LogP contribution in [0.25, 0.3) is 11.1 Å². The second-order valence-corrected chi connectivity index (χ2v) is 9.53. The van der Waals surface area contributed by atoms with Gasteiger partial charge in [-0.05, 0) is 46.5 Å². The molecule has 4 aromatic rings. The fraction of sp³-hybridized carbons (Fsp3) is 0.172. The molecule has 0 bridgehead atoms. The Morgan fingerprint density at radius 2 is 1.65 bits per heavy atom. The number of amides is 1. The second kappa shape index (κ2) is 11.5. The highest BCUT2D eigenvalue weighted by Crippen LogP contribution is 2.44. The third-order valence-corrected chi connectivity index (χ3v) is 6.78. The maximum absolute atomic E-state index is 12.6. The van der Waals surface area contributed by atoms with Crippen LogP contribution < -0.4 is 10.1 Å². The summed E-state index contributed by atoms with van der Waals surface area (Å²) in [5.41, 5.74) is 3.95. The van der Waals surface area contributed by atoms with Crippen molar-refractivity contribution in [2.75, 3.05) is 6.61 Å². The van der Waals surface area contributed by atoms with Gasteiger partial charge in [0.15, 0.2) is 5.75 Å². The average Bonchev–Trinajstić information content (AvgIpc) is 3.52. The Morgan fingerprint density at radius 1 is 1.00 bits per heavy atom. The number of ether oxygens (including phenoxy) is 2. The Bertz CT molecular complexity index is 1540.